The third-order valence-corrected chi connectivity index (χ3v) is 8.57. The number of nitrogens with one attached hydrogen (secondary N) is 3. The summed E-state index contributed by atoms with van der Waals surface area (Å²) in [4.78, 5) is 38.0. The van der Waals surface area contributed by atoms with Gasteiger partial charge in [0.15, 0.2) is 0 Å². The molecule has 0 atom stereocenters. The van der Waals surface area contributed by atoms with Gasteiger partial charge in [-0.3, -0.25) is 14.5 Å². The maximum Gasteiger partial charge on any atom is 0.416 e. The molecule has 226 valence electrons. The molecule has 4 aromatic rings. The fourth-order valence-corrected chi connectivity index (χ4v) is 6.08. The minimum absolute atomic E-state index is 0.101. The van der Waals surface area contributed by atoms with Crippen LogP contribution >= 0.6 is 22.6 Å². The first-order chi connectivity index (χ1) is 20.6. The Balaban J connectivity index is 1.32. The van der Waals surface area contributed by atoms with E-state index in [2.05, 4.69) is 55.0 Å². The van der Waals surface area contributed by atoms with Crippen molar-refractivity contribution in [2.24, 2.45) is 0 Å². The molecular weight excluding hydrogens is 672 g/mol. The summed E-state index contributed by atoms with van der Waals surface area (Å²) < 4.78 is 42.8. The van der Waals surface area contributed by atoms with Crippen LogP contribution in [0.4, 0.5) is 24.5 Å². The first-order valence-electron chi connectivity index (χ1n) is 14.0. The van der Waals surface area contributed by atoms with E-state index in [-0.39, 0.29) is 23.6 Å². The monoisotopic (exact) mass is 704 g/mol. The zero-order chi connectivity index (χ0) is 30.7. The summed E-state index contributed by atoms with van der Waals surface area (Å²) in [6.45, 7) is 7.98. The van der Waals surface area contributed by atoms with E-state index in [1.165, 1.54) is 18.3 Å². The molecule has 3 heterocycles. The summed E-state index contributed by atoms with van der Waals surface area (Å²) >= 11 is 2.20. The number of hydrogen-bond acceptors (Lipinski definition) is 5. The van der Waals surface area contributed by atoms with Gasteiger partial charge in [0.25, 0.3) is 11.8 Å². The molecule has 8 nitrogen and oxygen atoms in total. The van der Waals surface area contributed by atoms with Crippen LogP contribution in [0, 0.1) is 6.92 Å². The van der Waals surface area contributed by atoms with Crippen LogP contribution in [-0.2, 0) is 17.1 Å². The molecule has 0 bridgehead atoms. The van der Waals surface area contributed by atoms with Gasteiger partial charge >= 0.3 is 6.18 Å². The molecule has 2 aromatic heterocycles. The molecule has 5 rings (SSSR count). The van der Waals surface area contributed by atoms with E-state index in [1.54, 1.807) is 24.4 Å². The molecule has 0 spiro atoms. The van der Waals surface area contributed by atoms with Gasteiger partial charge in [0.2, 0.25) is 0 Å². The molecule has 1 saturated heterocycles. The highest BCUT2D eigenvalue weighted by molar-refractivity contribution is 14.1. The number of likely N-dealkylation sites (N-methyl/N-ethyl adjacent to an activating group) is 1. The highest BCUT2D eigenvalue weighted by Gasteiger charge is 2.34. The van der Waals surface area contributed by atoms with Gasteiger partial charge in [0, 0.05) is 71.9 Å². The van der Waals surface area contributed by atoms with E-state index in [0.717, 1.165) is 42.2 Å². The number of amides is 2. The number of halogens is 4. The standard InChI is InChI=1S/C31H32F3IN6O2/c1-3-40-10-12-41(13-11-40)18-21-6-5-20(14-26(21)31(32,33)34)29(42)38-22-7-4-19(2)27(15-22)39-30(43)25-17-37-28-23(8-9-36-28)24(25)16-35/h4-9,14-15,17H,3,10-13,16,18H2,1-2H3,(H,36,37)(H,38,42)(H,39,43). The lowest BCUT2D eigenvalue weighted by Crippen LogP contribution is -2.45. The molecule has 1 fully saturated rings. The predicted molar refractivity (Wildman–Crippen MR) is 170 cm³/mol. The average molecular weight is 705 g/mol. The van der Waals surface area contributed by atoms with Crippen molar-refractivity contribution in [3.63, 3.8) is 0 Å². The fourth-order valence-electron chi connectivity index (χ4n) is 5.25. The Bertz CT molecular complexity index is 1650. The van der Waals surface area contributed by atoms with E-state index < -0.39 is 17.6 Å². The molecule has 43 heavy (non-hydrogen) atoms. The second-order valence-electron chi connectivity index (χ2n) is 10.5. The summed E-state index contributed by atoms with van der Waals surface area (Å²) in [6, 6.07) is 10.6. The number of pyridine rings is 1. The number of hydrogen-bond donors (Lipinski definition) is 3. The Kier molecular flexibility index (Phi) is 9.37. The zero-order valence-electron chi connectivity index (χ0n) is 23.8. The van der Waals surface area contributed by atoms with E-state index in [0.29, 0.717) is 40.1 Å². The van der Waals surface area contributed by atoms with Crippen molar-refractivity contribution >= 4 is 56.8 Å². The van der Waals surface area contributed by atoms with Gasteiger partial charge in [-0.25, -0.2) is 4.98 Å². The number of benzene rings is 2. The first kappa shape index (κ1) is 31.0. The molecule has 2 aromatic carbocycles. The number of piperazine rings is 1. The molecule has 2 amide bonds. The number of carbonyl (C=O) groups is 2. The Hall–Kier alpha value is -3.49. The van der Waals surface area contributed by atoms with E-state index >= 15 is 0 Å². The number of aromatic nitrogens is 2. The van der Waals surface area contributed by atoms with Crippen LogP contribution in [0.3, 0.4) is 0 Å². The molecule has 0 aliphatic carbocycles. The van der Waals surface area contributed by atoms with Crippen molar-refractivity contribution in [3.8, 4) is 0 Å². The van der Waals surface area contributed by atoms with E-state index in [4.69, 9.17) is 0 Å². The van der Waals surface area contributed by atoms with E-state index in [9.17, 15) is 22.8 Å². The Labute approximate surface area is 261 Å². The lowest BCUT2D eigenvalue weighted by molar-refractivity contribution is -0.138. The largest absolute Gasteiger partial charge is 0.416 e. The van der Waals surface area contributed by atoms with Gasteiger partial charge in [-0.05, 0) is 60.5 Å². The summed E-state index contributed by atoms with van der Waals surface area (Å²) in [5.41, 5.74) is 2.76. The summed E-state index contributed by atoms with van der Waals surface area (Å²) in [5.74, 6) is -1.03. The molecule has 3 N–H and O–H groups in total. The van der Waals surface area contributed by atoms with E-state index in [1.807, 2.05) is 17.9 Å². The van der Waals surface area contributed by atoms with Gasteiger partial charge < -0.3 is 20.5 Å². The van der Waals surface area contributed by atoms with Crippen LogP contribution in [0.5, 0.6) is 0 Å². The Morgan fingerprint density at radius 1 is 1.00 bits per heavy atom. The van der Waals surface area contributed by atoms with Crippen molar-refractivity contribution in [1.29, 1.82) is 0 Å². The molecular formula is C31H32F3IN6O2. The molecule has 0 saturated carbocycles. The van der Waals surface area contributed by atoms with Crippen molar-refractivity contribution < 1.29 is 22.8 Å². The van der Waals surface area contributed by atoms with Crippen molar-refractivity contribution in [3.05, 3.63) is 88.2 Å². The Morgan fingerprint density at radius 3 is 2.44 bits per heavy atom. The quantitative estimate of drug-likeness (QED) is 0.145. The smallest absolute Gasteiger partial charge is 0.346 e. The van der Waals surface area contributed by atoms with Crippen LogP contribution in [0.1, 0.15) is 49.9 Å². The second kappa shape index (κ2) is 13.0. The lowest BCUT2D eigenvalue weighted by atomic mass is 10.0. The predicted octanol–water partition coefficient (Wildman–Crippen LogP) is 6.47. The van der Waals surface area contributed by atoms with Crippen LogP contribution in [0.2, 0.25) is 0 Å². The number of H-pyrrole nitrogens is 1. The molecule has 0 unspecified atom stereocenters. The fraction of sp³-hybridized carbons (Fsp3) is 0.323. The Morgan fingerprint density at radius 2 is 1.74 bits per heavy atom. The minimum atomic E-state index is -4.60. The van der Waals surface area contributed by atoms with Crippen LogP contribution in [0.25, 0.3) is 11.0 Å². The van der Waals surface area contributed by atoms with Gasteiger partial charge in [-0.2, -0.15) is 13.2 Å². The highest BCUT2D eigenvalue weighted by atomic mass is 127. The third-order valence-electron chi connectivity index (χ3n) is 7.80. The first-order valence-corrected chi connectivity index (χ1v) is 15.5. The van der Waals surface area contributed by atoms with Gasteiger partial charge in [-0.15, -0.1) is 0 Å². The number of nitrogens with zero attached hydrogens (tertiary/aromatic N) is 3. The third kappa shape index (κ3) is 7.02. The summed E-state index contributed by atoms with van der Waals surface area (Å²) in [5, 5.41) is 6.44. The number of aromatic amines is 1. The maximum absolute atomic E-state index is 14.1. The van der Waals surface area contributed by atoms with Crippen molar-refractivity contribution in [2.75, 3.05) is 43.4 Å². The normalized spacial score (nSPS) is 14.7. The van der Waals surface area contributed by atoms with Crippen LogP contribution in [0.15, 0.2) is 54.9 Å². The number of fused-ring (bicyclic) bond motifs is 1. The van der Waals surface area contributed by atoms with Crippen LogP contribution < -0.4 is 10.6 Å². The lowest BCUT2D eigenvalue weighted by Gasteiger charge is -2.34. The zero-order valence-corrected chi connectivity index (χ0v) is 26.0. The number of carbonyl (C=O) groups excluding carboxylic acids is 2. The number of anilines is 2. The molecule has 1 aliphatic heterocycles. The minimum Gasteiger partial charge on any atom is -0.346 e. The number of rotatable bonds is 8. The SMILES string of the molecule is CCN1CCN(Cc2ccc(C(=O)Nc3ccc(C)c(NC(=O)c4cnc5[nH]ccc5c4CI)c3)cc2C(F)(F)F)CC1. The highest BCUT2D eigenvalue weighted by Crippen LogP contribution is 2.34. The van der Waals surface area contributed by atoms with Gasteiger partial charge in [-0.1, -0.05) is 41.6 Å². The van der Waals surface area contributed by atoms with Crippen LogP contribution in [-0.4, -0.2) is 64.3 Å². The molecule has 1 aliphatic rings. The maximum atomic E-state index is 14.1. The topological polar surface area (TPSA) is 93.4 Å². The molecule has 12 heteroatoms. The van der Waals surface area contributed by atoms with Crippen molar-refractivity contribution in [1.82, 2.24) is 19.8 Å². The van der Waals surface area contributed by atoms with Gasteiger partial charge in [0.1, 0.15) is 5.65 Å². The average Bonchev–Trinajstić information content (AvgIpc) is 3.47. The second-order valence-corrected chi connectivity index (χ2v) is 11.3. The van der Waals surface area contributed by atoms with Gasteiger partial charge in [0.05, 0.1) is 11.1 Å². The number of alkyl halides is 4. The summed E-state index contributed by atoms with van der Waals surface area (Å²) in [6.07, 6.45) is -1.31. The molecule has 0 radical (unpaired) electrons. The number of aryl methyl sites for hydroxylation is 1. The summed E-state index contributed by atoms with van der Waals surface area (Å²) in [7, 11) is 0. The van der Waals surface area contributed by atoms with Crippen molar-refractivity contribution in [2.45, 2.75) is 31.0 Å².